The summed E-state index contributed by atoms with van der Waals surface area (Å²) in [5, 5.41) is 8.03. The summed E-state index contributed by atoms with van der Waals surface area (Å²) in [6, 6.07) is 9.62. The van der Waals surface area contributed by atoms with Crippen LogP contribution in [-0.2, 0) is 18.3 Å². The Bertz CT molecular complexity index is 1000. The van der Waals surface area contributed by atoms with Crippen LogP contribution in [0.1, 0.15) is 18.4 Å². The number of hydrogen-bond donors (Lipinski definition) is 1. The Labute approximate surface area is 174 Å². The van der Waals surface area contributed by atoms with Crippen molar-refractivity contribution in [3.05, 3.63) is 59.5 Å². The van der Waals surface area contributed by atoms with Crippen molar-refractivity contribution in [3.8, 4) is 11.3 Å². The second kappa shape index (κ2) is 8.61. The minimum Gasteiger partial charge on any atom is -0.352 e. The second-order valence-corrected chi connectivity index (χ2v) is 7.64. The topological polar surface area (TPSA) is 75.9 Å². The molecule has 1 aromatic carbocycles. The van der Waals surface area contributed by atoms with Crippen LogP contribution in [0.15, 0.2) is 48.9 Å². The Morgan fingerprint density at radius 3 is 2.97 bits per heavy atom. The van der Waals surface area contributed by atoms with Crippen LogP contribution in [-0.4, -0.2) is 44.8 Å². The average molecular weight is 411 g/mol. The van der Waals surface area contributed by atoms with Gasteiger partial charge in [0.05, 0.1) is 11.9 Å². The maximum absolute atomic E-state index is 12.4. The van der Waals surface area contributed by atoms with Gasteiger partial charge >= 0.3 is 0 Å². The predicted molar refractivity (Wildman–Crippen MR) is 113 cm³/mol. The summed E-state index contributed by atoms with van der Waals surface area (Å²) >= 11 is 6.17. The molecule has 150 valence electrons. The van der Waals surface area contributed by atoms with E-state index in [1.54, 1.807) is 17.1 Å². The van der Waals surface area contributed by atoms with E-state index in [1.165, 1.54) is 0 Å². The lowest BCUT2D eigenvalue weighted by atomic mass is 10.1. The van der Waals surface area contributed by atoms with Gasteiger partial charge in [0, 0.05) is 55.6 Å². The van der Waals surface area contributed by atoms with Crippen molar-refractivity contribution in [2.24, 2.45) is 7.05 Å². The minimum atomic E-state index is 0.0433. The van der Waals surface area contributed by atoms with Gasteiger partial charge in [-0.25, -0.2) is 9.97 Å². The van der Waals surface area contributed by atoms with E-state index in [0.29, 0.717) is 30.4 Å². The molecule has 29 heavy (non-hydrogen) atoms. The molecule has 1 atom stereocenters. The normalized spacial score (nSPS) is 16.2. The summed E-state index contributed by atoms with van der Waals surface area (Å²) in [5.74, 6) is 0.723. The van der Waals surface area contributed by atoms with E-state index in [2.05, 4.69) is 25.3 Å². The second-order valence-electron chi connectivity index (χ2n) is 7.24. The van der Waals surface area contributed by atoms with Crippen molar-refractivity contribution in [1.29, 1.82) is 0 Å². The van der Waals surface area contributed by atoms with Gasteiger partial charge in [-0.2, -0.15) is 5.10 Å². The van der Waals surface area contributed by atoms with Crippen LogP contribution in [0.4, 0.5) is 5.95 Å². The largest absolute Gasteiger partial charge is 0.352 e. The monoisotopic (exact) mass is 410 g/mol. The van der Waals surface area contributed by atoms with Crippen LogP contribution in [0.3, 0.4) is 0 Å². The standard InChI is InChI=1S/C21H23ClN6O/c1-27-13-16(12-24-27)19-8-10-23-21(26-19)28-11-9-17(14-28)25-20(29)7-6-15-4-2-3-5-18(15)22/h2-5,8,10,12-13,17H,6-7,9,11,14H2,1H3,(H,25,29). The lowest BCUT2D eigenvalue weighted by Crippen LogP contribution is -2.37. The third-order valence-electron chi connectivity index (χ3n) is 5.06. The first-order chi connectivity index (χ1) is 14.1. The van der Waals surface area contributed by atoms with Crippen molar-refractivity contribution in [3.63, 3.8) is 0 Å². The van der Waals surface area contributed by atoms with Crippen LogP contribution >= 0.6 is 11.6 Å². The van der Waals surface area contributed by atoms with Crippen molar-refractivity contribution in [1.82, 2.24) is 25.1 Å². The van der Waals surface area contributed by atoms with Gasteiger partial charge in [0.2, 0.25) is 11.9 Å². The number of halogens is 1. The zero-order valence-electron chi connectivity index (χ0n) is 16.3. The number of nitrogens with one attached hydrogen (secondary N) is 1. The van der Waals surface area contributed by atoms with Gasteiger partial charge in [-0.15, -0.1) is 0 Å². The van der Waals surface area contributed by atoms with Crippen molar-refractivity contribution >= 4 is 23.5 Å². The van der Waals surface area contributed by atoms with Gasteiger partial charge < -0.3 is 10.2 Å². The highest BCUT2D eigenvalue weighted by Gasteiger charge is 2.25. The van der Waals surface area contributed by atoms with Gasteiger partial charge in [0.15, 0.2) is 0 Å². The molecule has 3 heterocycles. The minimum absolute atomic E-state index is 0.0433. The molecular weight excluding hydrogens is 388 g/mol. The van der Waals surface area contributed by atoms with Crippen LogP contribution in [0.5, 0.6) is 0 Å². The number of benzene rings is 1. The third kappa shape index (κ3) is 4.74. The summed E-state index contributed by atoms with van der Waals surface area (Å²) in [5.41, 5.74) is 2.80. The molecular formula is C21H23ClN6O. The Kier molecular flexibility index (Phi) is 5.76. The highest BCUT2D eigenvalue weighted by atomic mass is 35.5. The van der Waals surface area contributed by atoms with E-state index >= 15 is 0 Å². The first kappa shape index (κ1) is 19.4. The SMILES string of the molecule is Cn1cc(-c2ccnc(N3CCC(NC(=O)CCc4ccccc4Cl)C3)n2)cn1. The van der Waals surface area contributed by atoms with E-state index in [0.717, 1.165) is 29.8 Å². The molecule has 7 nitrogen and oxygen atoms in total. The number of carbonyl (C=O) groups is 1. The van der Waals surface area contributed by atoms with Crippen molar-refractivity contribution < 1.29 is 4.79 Å². The lowest BCUT2D eigenvalue weighted by Gasteiger charge is -2.17. The molecule has 1 N–H and O–H groups in total. The molecule has 1 saturated heterocycles. The Balaban J connectivity index is 1.32. The van der Waals surface area contributed by atoms with Gasteiger partial charge in [-0.05, 0) is 30.5 Å². The Hall–Kier alpha value is -2.93. The molecule has 1 aliphatic rings. The molecule has 8 heteroatoms. The molecule has 0 saturated carbocycles. The molecule has 1 unspecified atom stereocenters. The molecule has 1 amide bonds. The quantitative estimate of drug-likeness (QED) is 0.676. The van der Waals surface area contributed by atoms with Crippen LogP contribution in [0.2, 0.25) is 5.02 Å². The third-order valence-corrected chi connectivity index (χ3v) is 5.43. The van der Waals surface area contributed by atoms with E-state index in [9.17, 15) is 4.79 Å². The maximum atomic E-state index is 12.4. The molecule has 0 spiro atoms. The van der Waals surface area contributed by atoms with Gasteiger partial charge in [-0.1, -0.05) is 29.8 Å². The molecule has 1 fully saturated rings. The van der Waals surface area contributed by atoms with E-state index in [-0.39, 0.29) is 11.9 Å². The first-order valence-corrected chi connectivity index (χ1v) is 10.1. The number of carbonyl (C=O) groups excluding carboxylic acids is 1. The van der Waals surface area contributed by atoms with Crippen molar-refractivity contribution in [2.45, 2.75) is 25.3 Å². The first-order valence-electron chi connectivity index (χ1n) is 9.68. The van der Waals surface area contributed by atoms with Crippen molar-refractivity contribution in [2.75, 3.05) is 18.0 Å². The van der Waals surface area contributed by atoms with Gasteiger partial charge in [0.1, 0.15) is 0 Å². The Morgan fingerprint density at radius 1 is 1.31 bits per heavy atom. The van der Waals surface area contributed by atoms with E-state index in [4.69, 9.17) is 11.6 Å². The molecule has 2 aromatic heterocycles. The summed E-state index contributed by atoms with van der Waals surface area (Å²) in [4.78, 5) is 23.6. The average Bonchev–Trinajstić information content (AvgIpc) is 3.37. The van der Waals surface area contributed by atoms with E-state index in [1.807, 2.05) is 43.6 Å². The van der Waals surface area contributed by atoms with Crippen LogP contribution < -0.4 is 10.2 Å². The number of rotatable bonds is 6. The van der Waals surface area contributed by atoms with Crippen LogP contribution in [0.25, 0.3) is 11.3 Å². The number of aryl methyl sites for hydroxylation is 2. The molecule has 4 rings (SSSR count). The zero-order chi connectivity index (χ0) is 20.2. The fourth-order valence-corrected chi connectivity index (χ4v) is 3.75. The fourth-order valence-electron chi connectivity index (χ4n) is 3.52. The smallest absolute Gasteiger partial charge is 0.225 e. The summed E-state index contributed by atoms with van der Waals surface area (Å²) in [6.07, 6.45) is 7.42. The number of amides is 1. The maximum Gasteiger partial charge on any atom is 0.225 e. The predicted octanol–water partition coefficient (Wildman–Crippen LogP) is 2.86. The van der Waals surface area contributed by atoms with Gasteiger partial charge in [0.25, 0.3) is 0 Å². The van der Waals surface area contributed by atoms with E-state index < -0.39 is 0 Å². The Morgan fingerprint density at radius 2 is 2.17 bits per heavy atom. The molecule has 1 aliphatic heterocycles. The molecule has 0 radical (unpaired) electrons. The summed E-state index contributed by atoms with van der Waals surface area (Å²) in [7, 11) is 1.88. The molecule has 3 aromatic rings. The number of hydrogen-bond acceptors (Lipinski definition) is 5. The zero-order valence-corrected chi connectivity index (χ0v) is 17.0. The van der Waals surface area contributed by atoms with Gasteiger partial charge in [-0.3, -0.25) is 9.48 Å². The van der Waals surface area contributed by atoms with Crippen LogP contribution in [0, 0.1) is 0 Å². The molecule has 0 bridgehead atoms. The summed E-state index contributed by atoms with van der Waals surface area (Å²) < 4.78 is 1.75. The highest BCUT2D eigenvalue weighted by molar-refractivity contribution is 6.31. The molecule has 0 aliphatic carbocycles. The lowest BCUT2D eigenvalue weighted by molar-refractivity contribution is -0.121. The number of anilines is 1. The highest BCUT2D eigenvalue weighted by Crippen LogP contribution is 2.21. The summed E-state index contributed by atoms with van der Waals surface area (Å²) in [6.45, 7) is 1.51. The number of aromatic nitrogens is 4. The number of nitrogens with zero attached hydrogens (tertiary/aromatic N) is 5. The fraction of sp³-hybridized carbons (Fsp3) is 0.333.